The molecular weight excluding hydrogens is 338 g/mol. The van der Waals surface area contributed by atoms with E-state index in [0.29, 0.717) is 12.8 Å². The van der Waals surface area contributed by atoms with Crippen molar-refractivity contribution in [2.24, 2.45) is 0 Å². The summed E-state index contributed by atoms with van der Waals surface area (Å²) in [7, 11) is 0. The van der Waals surface area contributed by atoms with E-state index in [9.17, 15) is 19.5 Å². The van der Waals surface area contributed by atoms with E-state index in [1.807, 2.05) is 10.8 Å². The van der Waals surface area contributed by atoms with Crippen molar-refractivity contribution in [2.75, 3.05) is 0 Å². The lowest BCUT2D eigenvalue weighted by Crippen LogP contribution is -2.36. The number of nitrogens with zero attached hydrogens (tertiary/aromatic N) is 3. The van der Waals surface area contributed by atoms with E-state index in [1.165, 1.54) is 10.8 Å². The van der Waals surface area contributed by atoms with Gasteiger partial charge in [-0.15, -0.1) is 0 Å². The molecule has 2 aromatic heterocycles. The summed E-state index contributed by atoms with van der Waals surface area (Å²) in [4.78, 5) is 40.2. The van der Waals surface area contributed by atoms with Crippen molar-refractivity contribution in [3.63, 3.8) is 0 Å². The predicted molar refractivity (Wildman–Crippen MR) is 92.4 cm³/mol. The van der Waals surface area contributed by atoms with Crippen LogP contribution in [0.2, 0.25) is 0 Å². The molecule has 3 rings (SSSR count). The molecule has 8 nitrogen and oxygen atoms in total. The zero-order chi connectivity index (χ0) is 19.1. The third-order valence-corrected chi connectivity index (χ3v) is 4.36. The van der Waals surface area contributed by atoms with Crippen molar-refractivity contribution in [2.45, 2.75) is 51.3 Å². The third-order valence-electron chi connectivity index (χ3n) is 4.36. The van der Waals surface area contributed by atoms with Crippen LogP contribution < -0.4 is 5.56 Å². The van der Waals surface area contributed by atoms with Gasteiger partial charge in [0.15, 0.2) is 0 Å². The first-order chi connectivity index (χ1) is 12.2. The highest BCUT2D eigenvalue weighted by molar-refractivity contribution is 6.02. The molecule has 0 aliphatic heterocycles. The minimum Gasteiger partial charge on any atom is -0.478 e. The molecule has 0 radical (unpaired) electrons. The third kappa shape index (κ3) is 3.54. The normalized spacial score (nSPS) is 19.7. The Morgan fingerprint density at radius 3 is 2.46 bits per heavy atom. The number of hydrogen-bond donors (Lipinski definition) is 1. The Morgan fingerprint density at radius 1 is 1.23 bits per heavy atom. The monoisotopic (exact) mass is 359 g/mol. The van der Waals surface area contributed by atoms with E-state index < -0.39 is 23.1 Å². The van der Waals surface area contributed by atoms with Gasteiger partial charge < -0.3 is 19.0 Å². The molecular formula is C18H21N3O5. The summed E-state index contributed by atoms with van der Waals surface area (Å²) >= 11 is 0. The maximum atomic E-state index is 12.4. The first-order valence-electron chi connectivity index (χ1n) is 8.36. The number of carbonyl (C=O) groups is 2. The van der Waals surface area contributed by atoms with E-state index in [1.54, 1.807) is 33.3 Å². The van der Waals surface area contributed by atoms with Gasteiger partial charge in [-0.1, -0.05) is 0 Å². The zero-order valence-electron chi connectivity index (χ0n) is 14.9. The van der Waals surface area contributed by atoms with Gasteiger partial charge in [-0.05, 0) is 33.6 Å². The minimum atomic E-state index is -1.33. The first-order valence-corrected chi connectivity index (χ1v) is 8.36. The molecule has 26 heavy (non-hydrogen) atoms. The Kier molecular flexibility index (Phi) is 4.43. The molecule has 1 N–H and O–H groups in total. The molecule has 1 saturated carbocycles. The molecule has 1 fully saturated rings. The summed E-state index contributed by atoms with van der Waals surface area (Å²) in [6, 6.07) is 1.13. The van der Waals surface area contributed by atoms with Crippen LogP contribution in [0.25, 0.3) is 0 Å². The van der Waals surface area contributed by atoms with E-state index in [2.05, 4.69) is 4.98 Å². The van der Waals surface area contributed by atoms with Crippen molar-refractivity contribution in [3.8, 4) is 0 Å². The molecule has 0 unspecified atom stereocenters. The number of rotatable bonds is 4. The molecule has 1 aliphatic rings. The molecule has 0 atom stereocenters. The molecule has 2 aromatic rings. The highest BCUT2D eigenvalue weighted by Gasteiger charge is 2.33. The fourth-order valence-electron chi connectivity index (χ4n) is 3.02. The number of carbonyl (C=O) groups excluding carboxylic acids is 1. The van der Waals surface area contributed by atoms with Crippen LogP contribution in [0.3, 0.4) is 0 Å². The SMILES string of the molecule is CC(C)(C)OC(=O)c1cn(C2CC(n3ccnc3)C2)c(=O)cc1C(=O)O. The smallest absolute Gasteiger partial charge is 0.341 e. The molecule has 0 spiro atoms. The number of carboxylic acid groups (broad SMARTS) is 1. The number of ether oxygens (including phenoxy) is 1. The fourth-order valence-corrected chi connectivity index (χ4v) is 3.02. The molecule has 2 heterocycles. The summed E-state index contributed by atoms with van der Waals surface area (Å²) in [5.74, 6) is -2.09. The summed E-state index contributed by atoms with van der Waals surface area (Å²) in [5.41, 5.74) is -1.66. The van der Waals surface area contributed by atoms with Crippen molar-refractivity contribution >= 4 is 11.9 Å². The first kappa shape index (κ1) is 17.9. The summed E-state index contributed by atoms with van der Waals surface area (Å²) in [6.07, 6.45) is 8.01. The standard InChI is InChI=1S/C18H21N3O5/c1-18(2,3)26-17(25)14-9-21(15(22)8-13(14)16(23)24)12-6-11(7-12)20-5-4-19-10-20/h4-5,8-12H,6-7H2,1-3H3,(H,23,24). The minimum absolute atomic E-state index is 0.0982. The van der Waals surface area contributed by atoms with Gasteiger partial charge in [-0.2, -0.15) is 0 Å². The number of imidazole rings is 1. The van der Waals surface area contributed by atoms with Gasteiger partial charge >= 0.3 is 11.9 Å². The second-order valence-electron chi connectivity index (χ2n) is 7.44. The van der Waals surface area contributed by atoms with Gasteiger partial charge in [-0.3, -0.25) is 4.79 Å². The van der Waals surface area contributed by atoms with Crippen LogP contribution in [-0.4, -0.2) is 36.8 Å². The maximum Gasteiger partial charge on any atom is 0.341 e. The number of carboxylic acids is 1. The van der Waals surface area contributed by atoms with Crippen LogP contribution in [0.4, 0.5) is 0 Å². The van der Waals surface area contributed by atoms with Crippen molar-refractivity contribution in [1.82, 2.24) is 14.1 Å². The lowest BCUT2D eigenvalue weighted by Gasteiger charge is -2.37. The lowest BCUT2D eigenvalue weighted by atomic mass is 9.86. The number of pyridine rings is 1. The molecule has 0 amide bonds. The van der Waals surface area contributed by atoms with Crippen molar-refractivity contribution in [3.05, 3.63) is 52.5 Å². The van der Waals surface area contributed by atoms with Gasteiger partial charge in [0, 0.05) is 36.7 Å². The molecule has 138 valence electrons. The fraction of sp³-hybridized carbons (Fsp3) is 0.444. The summed E-state index contributed by atoms with van der Waals surface area (Å²) in [6.45, 7) is 5.09. The van der Waals surface area contributed by atoms with Crippen molar-refractivity contribution < 1.29 is 19.4 Å². The maximum absolute atomic E-state index is 12.4. The van der Waals surface area contributed by atoms with Gasteiger partial charge in [0.05, 0.1) is 17.5 Å². The Hall–Kier alpha value is -2.90. The Balaban J connectivity index is 1.90. The van der Waals surface area contributed by atoms with Gasteiger partial charge in [-0.25, -0.2) is 14.6 Å². The second kappa shape index (κ2) is 6.44. The van der Waals surface area contributed by atoms with Crippen LogP contribution >= 0.6 is 0 Å². The summed E-state index contributed by atoms with van der Waals surface area (Å²) < 4.78 is 8.69. The number of esters is 1. The molecule has 1 aliphatic carbocycles. The molecule has 0 bridgehead atoms. The Labute approximate surface area is 150 Å². The number of aromatic nitrogens is 3. The number of aromatic carboxylic acids is 1. The Bertz CT molecular complexity index is 887. The molecule has 0 saturated heterocycles. The van der Waals surface area contributed by atoms with Crippen molar-refractivity contribution in [1.29, 1.82) is 0 Å². The average molecular weight is 359 g/mol. The average Bonchev–Trinajstić information content (AvgIpc) is 2.98. The quantitative estimate of drug-likeness (QED) is 0.840. The largest absolute Gasteiger partial charge is 0.478 e. The van der Waals surface area contributed by atoms with Crippen LogP contribution in [0.1, 0.15) is 66.4 Å². The second-order valence-corrected chi connectivity index (χ2v) is 7.44. The van der Waals surface area contributed by atoms with Crippen LogP contribution in [0.15, 0.2) is 35.8 Å². The topological polar surface area (TPSA) is 103 Å². The van der Waals surface area contributed by atoms with Crippen LogP contribution in [0, 0.1) is 0 Å². The van der Waals surface area contributed by atoms with E-state index >= 15 is 0 Å². The molecule has 8 heteroatoms. The van der Waals surface area contributed by atoms with Gasteiger partial charge in [0.2, 0.25) is 0 Å². The zero-order valence-corrected chi connectivity index (χ0v) is 14.9. The van der Waals surface area contributed by atoms with Gasteiger partial charge in [0.25, 0.3) is 5.56 Å². The van der Waals surface area contributed by atoms with Crippen LogP contribution in [0.5, 0.6) is 0 Å². The predicted octanol–water partition coefficient (Wildman–Crippen LogP) is 2.27. The lowest BCUT2D eigenvalue weighted by molar-refractivity contribution is 0.00642. The highest BCUT2D eigenvalue weighted by Crippen LogP contribution is 2.40. The molecule has 0 aromatic carbocycles. The van der Waals surface area contributed by atoms with Gasteiger partial charge in [0.1, 0.15) is 5.60 Å². The Morgan fingerprint density at radius 2 is 1.92 bits per heavy atom. The number of hydrogen-bond acceptors (Lipinski definition) is 5. The van der Waals surface area contributed by atoms with E-state index in [4.69, 9.17) is 4.74 Å². The van der Waals surface area contributed by atoms with Crippen LogP contribution in [-0.2, 0) is 4.74 Å². The highest BCUT2D eigenvalue weighted by atomic mass is 16.6. The van der Waals surface area contributed by atoms with E-state index in [0.717, 1.165) is 6.07 Å². The summed E-state index contributed by atoms with van der Waals surface area (Å²) in [5, 5.41) is 9.34. The van der Waals surface area contributed by atoms with E-state index in [-0.39, 0.29) is 23.2 Å².